The van der Waals surface area contributed by atoms with Gasteiger partial charge in [-0.1, -0.05) is 17.4 Å². The normalized spacial score (nSPS) is 17.0. The molecular weight excluding hydrogens is 414 g/mol. The molecule has 0 spiro atoms. The molecule has 1 amide bonds. The number of aryl methyl sites for hydroxylation is 2. The number of aromatic nitrogens is 1. The SMILES string of the molecule is COC(=O)Cn1c(=NC(=O)C2CCN(S(C)(=O)=O)CC2)sc2c(C)cc(C)cc21. The number of methoxy groups -OCH3 is 1. The predicted octanol–water partition coefficient (Wildman–Crippen LogP) is 1.59. The third-order valence-corrected chi connectivity index (χ3v) is 7.64. The Morgan fingerprint density at radius 2 is 1.90 bits per heavy atom. The number of benzene rings is 1. The van der Waals surface area contributed by atoms with Crippen LogP contribution in [-0.2, 0) is 30.9 Å². The summed E-state index contributed by atoms with van der Waals surface area (Å²) in [5.41, 5.74) is 2.95. The largest absolute Gasteiger partial charge is 0.468 e. The zero-order valence-corrected chi connectivity index (χ0v) is 18.6. The molecule has 0 bridgehead atoms. The molecular formula is C19H25N3O5S2. The molecule has 0 radical (unpaired) electrons. The van der Waals surface area contributed by atoms with Crippen molar-refractivity contribution in [3.05, 3.63) is 28.1 Å². The Morgan fingerprint density at radius 1 is 1.24 bits per heavy atom. The van der Waals surface area contributed by atoms with E-state index in [4.69, 9.17) is 4.74 Å². The summed E-state index contributed by atoms with van der Waals surface area (Å²) in [4.78, 5) is 29.5. The van der Waals surface area contributed by atoms with Crippen molar-refractivity contribution in [2.75, 3.05) is 26.5 Å². The van der Waals surface area contributed by atoms with E-state index < -0.39 is 16.0 Å². The summed E-state index contributed by atoms with van der Waals surface area (Å²) in [7, 11) is -1.92. The maximum atomic E-state index is 12.8. The maximum Gasteiger partial charge on any atom is 0.325 e. The van der Waals surface area contributed by atoms with E-state index in [2.05, 4.69) is 4.99 Å². The van der Waals surface area contributed by atoms with E-state index in [1.165, 1.54) is 29.0 Å². The quantitative estimate of drug-likeness (QED) is 0.674. The number of nitrogens with zero attached hydrogens (tertiary/aromatic N) is 3. The van der Waals surface area contributed by atoms with Crippen molar-refractivity contribution in [1.29, 1.82) is 0 Å². The molecule has 10 heteroatoms. The van der Waals surface area contributed by atoms with Gasteiger partial charge in [-0.05, 0) is 43.9 Å². The lowest BCUT2D eigenvalue weighted by atomic mass is 9.98. The van der Waals surface area contributed by atoms with Crippen LogP contribution in [0.4, 0.5) is 0 Å². The fourth-order valence-electron chi connectivity index (χ4n) is 3.56. The summed E-state index contributed by atoms with van der Waals surface area (Å²) in [6.07, 6.45) is 2.06. The minimum Gasteiger partial charge on any atom is -0.468 e. The van der Waals surface area contributed by atoms with Gasteiger partial charge in [0.2, 0.25) is 10.0 Å². The number of sulfonamides is 1. The highest BCUT2D eigenvalue weighted by atomic mass is 32.2. The van der Waals surface area contributed by atoms with Crippen LogP contribution in [0.5, 0.6) is 0 Å². The number of hydrogen-bond donors (Lipinski definition) is 0. The summed E-state index contributed by atoms with van der Waals surface area (Å²) in [5, 5.41) is 0. The summed E-state index contributed by atoms with van der Waals surface area (Å²) < 4.78 is 32.2. The number of hydrogen-bond acceptors (Lipinski definition) is 6. The van der Waals surface area contributed by atoms with Gasteiger partial charge in [-0.15, -0.1) is 0 Å². The average molecular weight is 440 g/mol. The third kappa shape index (κ3) is 4.76. The van der Waals surface area contributed by atoms with Crippen LogP contribution in [0, 0.1) is 19.8 Å². The van der Waals surface area contributed by atoms with Crippen LogP contribution in [0.15, 0.2) is 17.1 Å². The Morgan fingerprint density at radius 3 is 2.48 bits per heavy atom. The van der Waals surface area contributed by atoms with Crippen LogP contribution in [0.1, 0.15) is 24.0 Å². The van der Waals surface area contributed by atoms with Gasteiger partial charge in [0.25, 0.3) is 5.91 Å². The van der Waals surface area contributed by atoms with E-state index in [0.29, 0.717) is 30.7 Å². The fourth-order valence-corrected chi connectivity index (χ4v) is 5.52. The standard InChI is InChI=1S/C19H25N3O5S2/c1-12-9-13(2)17-15(10-12)22(11-16(23)27-3)19(28-17)20-18(24)14-5-7-21(8-6-14)29(4,25)26/h9-10,14H,5-8,11H2,1-4H3. The zero-order chi connectivity index (χ0) is 21.3. The molecule has 1 aromatic carbocycles. The lowest BCUT2D eigenvalue weighted by molar-refractivity contribution is -0.141. The second kappa shape index (κ2) is 8.37. The van der Waals surface area contributed by atoms with Gasteiger partial charge in [0.1, 0.15) is 6.54 Å². The predicted molar refractivity (Wildman–Crippen MR) is 111 cm³/mol. The third-order valence-electron chi connectivity index (χ3n) is 5.11. The minimum absolute atomic E-state index is 0.0297. The molecule has 0 N–H and O–H groups in total. The first-order chi connectivity index (χ1) is 13.6. The van der Waals surface area contributed by atoms with Gasteiger partial charge < -0.3 is 9.30 Å². The molecule has 0 atom stereocenters. The second-order valence-corrected chi connectivity index (χ2v) is 10.3. The Labute approximate surface area is 173 Å². The summed E-state index contributed by atoms with van der Waals surface area (Å²) in [6, 6.07) is 4.02. The van der Waals surface area contributed by atoms with E-state index in [1.807, 2.05) is 26.0 Å². The smallest absolute Gasteiger partial charge is 0.325 e. The van der Waals surface area contributed by atoms with Gasteiger partial charge in [0.15, 0.2) is 4.80 Å². The van der Waals surface area contributed by atoms with E-state index >= 15 is 0 Å². The number of esters is 1. The molecule has 2 aromatic rings. The number of carbonyl (C=O) groups excluding carboxylic acids is 2. The number of ether oxygens (including phenoxy) is 1. The monoisotopic (exact) mass is 439 g/mol. The first-order valence-electron chi connectivity index (χ1n) is 9.31. The number of amides is 1. The maximum absolute atomic E-state index is 12.8. The Balaban J connectivity index is 1.97. The number of carbonyl (C=O) groups is 2. The lowest BCUT2D eigenvalue weighted by Crippen LogP contribution is -2.39. The van der Waals surface area contributed by atoms with E-state index in [1.54, 1.807) is 4.57 Å². The van der Waals surface area contributed by atoms with Gasteiger partial charge in [-0.3, -0.25) is 9.59 Å². The van der Waals surface area contributed by atoms with Gasteiger partial charge in [0, 0.05) is 19.0 Å². The zero-order valence-electron chi connectivity index (χ0n) is 17.0. The van der Waals surface area contributed by atoms with Crippen LogP contribution in [0.3, 0.4) is 0 Å². The lowest BCUT2D eigenvalue weighted by Gasteiger charge is -2.28. The molecule has 1 aliphatic rings. The highest BCUT2D eigenvalue weighted by Crippen LogP contribution is 2.24. The highest BCUT2D eigenvalue weighted by Gasteiger charge is 2.29. The van der Waals surface area contributed by atoms with Gasteiger partial charge in [0.05, 0.1) is 23.6 Å². The van der Waals surface area contributed by atoms with Gasteiger partial charge in [-0.2, -0.15) is 4.99 Å². The Kier molecular flexibility index (Phi) is 6.25. The number of fused-ring (bicyclic) bond motifs is 1. The molecule has 1 aromatic heterocycles. The molecule has 1 fully saturated rings. The van der Waals surface area contributed by atoms with Crippen molar-refractivity contribution in [2.45, 2.75) is 33.2 Å². The van der Waals surface area contributed by atoms with Gasteiger partial charge in [-0.25, -0.2) is 12.7 Å². The summed E-state index contributed by atoms with van der Waals surface area (Å²) >= 11 is 1.37. The van der Waals surface area contributed by atoms with E-state index in [0.717, 1.165) is 21.3 Å². The minimum atomic E-state index is -3.25. The second-order valence-electron chi connectivity index (χ2n) is 7.36. The molecule has 1 saturated heterocycles. The molecule has 3 rings (SSSR count). The molecule has 158 valence electrons. The molecule has 0 aliphatic carbocycles. The molecule has 8 nitrogen and oxygen atoms in total. The number of piperidine rings is 1. The van der Waals surface area contributed by atoms with Crippen LogP contribution in [-0.4, -0.2) is 55.6 Å². The highest BCUT2D eigenvalue weighted by molar-refractivity contribution is 7.88. The average Bonchev–Trinajstić information content (AvgIpc) is 2.98. The van der Waals surface area contributed by atoms with Crippen LogP contribution >= 0.6 is 11.3 Å². The fraction of sp³-hybridized carbons (Fsp3) is 0.526. The molecule has 1 aliphatic heterocycles. The Hall–Kier alpha value is -2.04. The van der Waals surface area contributed by atoms with Crippen molar-refractivity contribution in [2.24, 2.45) is 10.9 Å². The number of thiazole rings is 1. The van der Waals surface area contributed by atoms with E-state index in [9.17, 15) is 18.0 Å². The van der Waals surface area contributed by atoms with Crippen LogP contribution in [0.25, 0.3) is 10.2 Å². The first-order valence-corrected chi connectivity index (χ1v) is 12.0. The summed E-state index contributed by atoms with van der Waals surface area (Å²) in [5.74, 6) is -1.02. The molecule has 0 saturated carbocycles. The molecule has 29 heavy (non-hydrogen) atoms. The topological polar surface area (TPSA) is 98.0 Å². The van der Waals surface area contributed by atoms with Crippen molar-refractivity contribution in [3.63, 3.8) is 0 Å². The summed E-state index contributed by atoms with van der Waals surface area (Å²) in [6.45, 7) is 4.57. The molecule has 0 unspecified atom stereocenters. The van der Waals surface area contributed by atoms with Crippen LogP contribution in [0.2, 0.25) is 0 Å². The van der Waals surface area contributed by atoms with Crippen molar-refractivity contribution >= 4 is 43.5 Å². The van der Waals surface area contributed by atoms with Crippen molar-refractivity contribution < 1.29 is 22.7 Å². The first kappa shape index (κ1) is 21.7. The van der Waals surface area contributed by atoms with E-state index in [-0.39, 0.29) is 18.4 Å². The van der Waals surface area contributed by atoms with Crippen molar-refractivity contribution in [3.8, 4) is 0 Å². The Bertz CT molecular complexity index is 1120. The molecule has 2 heterocycles. The number of rotatable bonds is 4. The van der Waals surface area contributed by atoms with Crippen molar-refractivity contribution in [1.82, 2.24) is 8.87 Å². The van der Waals surface area contributed by atoms with Gasteiger partial charge >= 0.3 is 5.97 Å². The van der Waals surface area contributed by atoms with Crippen LogP contribution < -0.4 is 4.80 Å².